The topological polar surface area (TPSA) is 38.1 Å². The van der Waals surface area contributed by atoms with Crippen LogP contribution in [-0.4, -0.2) is 33.4 Å². The number of thioether (sulfide) groups is 1. The maximum absolute atomic E-state index is 12.9. The highest BCUT2D eigenvalue weighted by atomic mass is 32.2. The number of carbonyl (C=O) groups excluding carboxylic acids is 1. The second kappa shape index (κ2) is 6.57. The third kappa shape index (κ3) is 3.04. The highest BCUT2D eigenvalue weighted by molar-refractivity contribution is 7.97. The summed E-state index contributed by atoms with van der Waals surface area (Å²) >= 11 is 1.77. The minimum atomic E-state index is 0.134. The van der Waals surface area contributed by atoms with Gasteiger partial charge in [-0.1, -0.05) is 12.1 Å². The van der Waals surface area contributed by atoms with Crippen LogP contribution in [0, 0.1) is 0 Å². The molecule has 0 spiro atoms. The molecule has 1 aliphatic heterocycles. The van der Waals surface area contributed by atoms with Crippen molar-refractivity contribution in [1.29, 1.82) is 0 Å². The predicted molar refractivity (Wildman–Crippen MR) is 89.9 cm³/mol. The van der Waals surface area contributed by atoms with E-state index in [0.717, 1.165) is 36.3 Å². The van der Waals surface area contributed by atoms with Gasteiger partial charge >= 0.3 is 0 Å². The number of rotatable bonds is 4. The van der Waals surface area contributed by atoms with Gasteiger partial charge in [0, 0.05) is 36.7 Å². The average molecular weight is 315 g/mol. The van der Waals surface area contributed by atoms with Crippen LogP contribution >= 0.6 is 11.8 Å². The number of likely N-dealkylation sites (tertiary alicyclic amines) is 1. The quantitative estimate of drug-likeness (QED) is 0.869. The SMILES string of the molecule is CSCc1cccc(C(=O)N2CCCC2c2cnn(C)c2)c1. The molecule has 1 unspecified atom stereocenters. The first-order valence-electron chi connectivity index (χ1n) is 7.56. The number of carbonyl (C=O) groups is 1. The van der Waals surface area contributed by atoms with Crippen LogP contribution in [0.15, 0.2) is 36.7 Å². The molecule has 0 N–H and O–H groups in total. The lowest BCUT2D eigenvalue weighted by Gasteiger charge is -2.24. The smallest absolute Gasteiger partial charge is 0.254 e. The molecule has 1 aromatic heterocycles. The maximum Gasteiger partial charge on any atom is 0.254 e. The second-order valence-electron chi connectivity index (χ2n) is 5.74. The first-order valence-corrected chi connectivity index (χ1v) is 8.96. The van der Waals surface area contributed by atoms with Gasteiger partial charge in [0.15, 0.2) is 0 Å². The molecule has 1 saturated heterocycles. The summed E-state index contributed by atoms with van der Waals surface area (Å²) in [5.41, 5.74) is 3.13. The molecule has 1 amide bonds. The molecule has 4 nitrogen and oxygen atoms in total. The molecule has 3 rings (SSSR count). The number of aryl methyl sites for hydroxylation is 1. The molecular weight excluding hydrogens is 294 g/mol. The van der Waals surface area contributed by atoms with E-state index in [1.807, 2.05) is 42.5 Å². The van der Waals surface area contributed by atoms with Gasteiger partial charge in [0.2, 0.25) is 0 Å². The van der Waals surface area contributed by atoms with E-state index in [1.165, 1.54) is 5.56 Å². The van der Waals surface area contributed by atoms with Crippen LogP contribution in [0.3, 0.4) is 0 Å². The third-order valence-electron chi connectivity index (χ3n) is 4.11. The van der Waals surface area contributed by atoms with Crippen LogP contribution in [0.4, 0.5) is 0 Å². The van der Waals surface area contributed by atoms with E-state index >= 15 is 0 Å². The fourth-order valence-corrected chi connectivity index (χ4v) is 3.61. The van der Waals surface area contributed by atoms with Crippen molar-refractivity contribution in [2.45, 2.75) is 24.6 Å². The Hall–Kier alpha value is -1.75. The zero-order chi connectivity index (χ0) is 15.5. The Morgan fingerprint density at radius 3 is 3.05 bits per heavy atom. The number of amides is 1. The molecule has 0 saturated carbocycles. The van der Waals surface area contributed by atoms with Gasteiger partial charge in [0.25, 0.3) is 5.91 Å². The van der Waals surface area contributed by atoms with Crippen molar-refractivity contribution in [2.24, 2.45) is 7.05 Å². The largest absolute Gasteiger partial charge is 0.331 e. The first-order chi connectivity index (χ1) is 10.7. The normalized spacial score (nSPS) is 17.9. The first kappa shape index (κ1) is 15.2. The fourth-order valence-electron chi connectivity index (χ4n) is 3.10. The molecule has 22 heavy (non-hydrogen) atoms. The van der Waals surface area contributed by atoms with Crippen LogP contribution in [-0.2, 0) is 12.8 Å². The highest BCUT2D eigenvalue weighted by Crippen LogP contribution is 2.33. The molecule has 2 aromatic rings. The average Bonchev–Trinajstić information content (AvgIpc) is 3.15. The third-order valence-corrected chi connectivity index (χ3v) is 4.73. The van der Waals surface area contributed by atoms with Crippen molar-refractivity contribution in [2.75, 3.05) is 12.8 Å². The zero-order valence-corrected chi connectivity index (χ0v) is 13.8. The number of benzene rings is 1. The minimum Gasteiger partial charge on any atom is -0.331 e. The van der Waals surface area contributed by atoms with Crippen LogP contribution in [0.2, 0.25) is 0 Å². The molecule has 116 valence electrons. The maximum atomic E-state index is 12.9. The Kier molecular flexibility index (Phi) is 4.52. The van der Waals surface area contributed by atoms with E-state index in [9.17, 15) is 4.79 Å². The molecular formula is C17H21N3OS. The Morgan fingerprint density at radius 2 is 2.32 bits per heavy atom. The van der Waals surface area contributed by atoms with Crippen molar-refractivity contribution >= 4 is 17.7 Å². The van der Waals surface area contributed by atoms with Gasteiger partial charge in [-0.25, -0.2) is 0 Å². The van der Waals surface area contributed by atoms with E-state index in [4.69, 9.17) is 0 Å². The van der Waals surface area contributed by atoms with Gasteiger partial charge < -0.3 is 4.90 Å². The molecule has 1 aliphatic rings. The van der Waals surface area contributed by atoms with Gasteiger partial charge in [0.1, 0.15) is 0 Å². The van der Waals surface area contributed by atoms with E-state index < -0.39 is 0 Å². The van der Waals surface area contributed by atoms with Gasteiger partial charge in [-0.05, 0) is 36.8 Å². The lowest BCUT2D eigenvalue weighted by molar-refractivity contribution is 0.0735. The van der Waals surface area contributed by atoms with E-state index in [-0.39, 0.29) is 11.9 Å². The summed E-state index contributed by atoms with van der Waals surface area (Å²) in [6, 6.07) is 8.16. The molecule has 1 fully saturated rings. The van der Waals surface area contributed by atoms with Crippen LogP contribution in [0.5, 0.6) is 0 Å². The molecule has 0 radical (unpaired) electrons. The molecule has 2 heterocycles. The Bertz CT molecular complexity index is 667. The predicted octanol–water partition coefficient (Wildman–Crippen LogP) is 3.26. The van der Waals surface area contributed by atoms with Crippen LogP contribution in [0.1, 0.15) is 40.4 Å². The van der Waals surface area contributed by atoms with Crippen LogP contribution in [0.25, 0.3) is 0 Å². The van der Waals surface area contributed by atoms with Crippen molar-refractivity contribution in [1.82, 2.24) is 14.7 Å². The fraction of sp³-hybridized carbons (Fsp3) is 0.412. The lowest BCUT2D eigenvalue weighted by Crippen LogP contribution is -2.30. The molecule has 5 heteroatoms. The van der Waals surface area contributed by atoms with Gasteiger partial charge in [0.05, 0.1) is 12.2 Å². The summed E-state index contributed by atoms with van der Waals surface area (Å²) in [7, 11) is 1.91. The Morgan fingerprint density at radius 1 is 1.45 bits per heavy atom. The van der Waals surface area contributed by atoms with Crippen molar-refractivity contribution in [3.63, 3.8) is 0 Å². The Balaban J connectivity index is 1.83. The Labute approximate surface area is 135 Å². The molecule has 1 aromatic carbocycles. The standard InChI is InChI=1S/C17H21N3OS/c1-19-11-15(10-18-19)16-7-4-8-20(16)17(21)14-6-3-5-13(9-14)12-22-2/h3,5-6,9-11,16H,4,7-8,12H2,1-2H3. The monoisotopic (exact) mass is 315 g/mol. The van der Waals surface area contributed by atoms with Gasteiger partial charge in [-0.2, -0.15) is 16.9 Å². The van der Waals surface area contributed by atoms with Crippen LogP contribution < -0.4 is 0 Å². The summed E-state index contributed by atoms with van der Waals surface area (Å²) in [6.07, 6.45) is 8.03. The summed E-state index contributed by atoms with van der Waals surface area (Å²) in [4.78, 5) is 14.9. The number of hydrogen-bond acceptors (Lipinski definition) is 3. The summed E-state index contributed by atoms with van der Waals surface area (Å²) in [6.45, 7) is 0.825. The zero-order valence-electron chi connectivity index (χ0n) is 13.0. The molecule has 0 bridgehead atoms. The van der Waals surface area contributed by atoms with Crippen molar-refractivity contribution in [3.8, 4) is 0 Å². The second-order valence-corrected chi connectivity index (χ2v) is 6.60. The number of aromatic nitrogens is 2. The van der Waals surface area contributed by atoms with Gasteiger partial charge in [-0.15, -0.1) is 0 Å². The summed E-state index contributed by atoms with van der Waals surface area (Å²) in [5.74, 6) is 1.07. The lowest BCUT2D eigenvalue weighted by atomic mass is 10.1. The molecule has 0 aliphatic carbocycles. The van der Waals surface area contributed by atoms with E-state index in [0.29, 0.717) is 0 Å². The number of hydrogen-bond donors (Lipinski definition) is 0. The van der Waals surface area contributed by atoms with E-state index in [1.54, 1.807) is 16.4 Å². The van der Waals surface area contributed by atoms with Crippen molar-refractivity contribution in [3.05, 3.63) is 53.3 Å². The van der Waals surface area contributed by atoms with E-state index in [2.05, 4.69) is 17.4 Å². The summed E-state index contributed by atoms with van der Waals surface area (Å²) < 4.78 is 1.80. The number of nitrogens with zero attached hydrogens (tertiary/aromatic N) is 3. The molecule has 1 atom stereocenters. The van der Waals surface area contributed by atoms with Gasteiger partial charge in [-0.3, -0.25) is 9.48 Å². The van der Waals surface area contributed by atoms with Crippen molar-refractivity contribution < 1.29 is 4.79 Å². The highest BCUT2D eigenvalue weighted by Gasteiger charge is 2.31. The minimum absolute atomic E-state index is 0.134. The summed E-state index contributed by atoms with van der Waals surface area (Å²) in [5, 5.41) is 4.24.